The Morgan fingerprint density at radius 3 is 2.52 bits per heavy atom. The molecule has 0 aliphatic heterocycles. The first-order chi connectivity index (χ1) is 9.97. The molecule has 0 fully saturated rings. The topological polar surface area (TPSA) is 64.3 Å². The molecule has 110 valence electrons. The van der Waals surface area contributed by atoms with Crippen LogP contribution in [-0.4, -0.2) is 12.5 Å². The number of nitrogens with two attached hydrogens (primary N) is 1. The number of rotatable bonds is 4. The number of halogens is 3. The number of carbonyl (C=O) groups is 1. The quantitative estimate of drug-likeness (QED) is 0.814. The first kappa shape index (κ1) is 15.8. The van der Waals surface area contributed by atoms with Gasteiger partial charge in [-0.25, -0.2) is 0 Å². The average Bonchev–Trinajstić information content (AvgIpc) is 2.42. The Balaban J connectivity index is 2.01. The lowest BCUT2D eigenvalue weighted by atomic mass is 10.2. The van der Waals surface area contributed by atoms with Crippen LogP contribution >= 0.6 is 34.8 Å². The van der Waals surface area contributed by atoms with E-state index >= 15 is 0 Å². The van der Waals surface area contributed by atoms with Gasteiger partial charge in [-0.2, -0.15) is 0 Å². The Bertz CT molecular complexity index is 654. The molecule has 0 aliphatic rings. The predicted molar refractivity (Wildman–Crippen MR) is 86.5 cm³/mol. The molecule has 7 heteroatoms. The molecule has 0 saturated heterocycles. The fraction of sp³-hybridized carbons (Fsp3) is 0.0714. The minimum absolute atomic E-state index is 0.220. The van der Waals surface area contributed by atoms with E-state index < -0.39 is 5.91 Å². The Labute approximate surface area is 136 Å². The van der Waals surface area contributed by atoms with Crippen LogP contribution < -0.4 is 15.8 Å². The maximum Gasteiger partial charge on any atom is 0.262 e. The second-order valence-corrected chi connectivity index (χ2v) is 5.37. The number of amides is 1. The maximum absolute atomic E-state index is 11.9. The average molecular weight is 346 g/mol. The molecule has 0 saturated carbocycles. The molecular formula is C14H11Cl3N2O2. The summed E-state index contributed by atoms with van der Waals surface area (Å²) in [5.74, 6) is 0.00957. The highest BCUT2D eigenvalue weighted by molar-refractivity contribution is 6.37. The van der Waals surface area contributed by atoms with E-state index in [9.17, 15) is 4.79 Å². The third-order valence-corrected chi connectivity index (χ3v) is 3.37. The number of carbonyl (C=O) groups excluding carboxylic acids is 1. The highest BCUT2D eigenvalue weighted by Crippen LogP contribution is 2.32. The largest absolute Gasteiger partial charge is 0.482 e. The van der Waals surface area contributed by atoms with Crippen molar-refractivity contribution >= 4 is 52.1 Å². The van der Waals surface area contributed by atoms with E-state index in [4.69, 9.17) is 45.3 Å². The first-order valence-electron chi connectivity index (χ1n) is 5.89. The molecule has 2 rings (SSSR count). The van der Waals surface area contributed by atoms with E-state index in [1.807, 2.05) is 0 Å². The van der Waals surface area contributed by atoms with Gasteiger partial charge in [0.15, 0.2) is 6.61 Å². The summed E-state index contributed by atoms with van der Waals surface area (Å²) >= 11 is 17.7. The minimum atomic E-state index is -0.411. The highest BCUT2D eigenvalue weighted by Gasteiger charge is 2.11. The second kappa shape index (κ2) is 6.89. The van der Waals surface area contributed by atoms with Crippen LogP contribution in [0.15, 0.2) is 36.4 Å². The fourth-order valence-electron chi connectivity index (χ4n) is 1.61. The number of benzene rings is 2. The summed E-state index contributed by atoms with van der Waals surface area (Å²) in [6.45, 7) is -0.220. The lowest BCUT2D eigenvalue weighted by Crippen LogP contribution is -2.21. The van der Waals surface area contributed by atoms with Crippen molar-refractivity contribution in [2.45, 2.75) is 0 Å². The highest BCUT2D eigenvalue weighted by atomic mass is 35.5. The molecule has 2 aromatic carbocycles. The van der Waals surface area contributed by atoms with Crippen LogP contribution in [0.5, 0.6) is 5.75 Å². The van der Waals surface area contributed by atoms with Gasteiger partial charge >= 0.3 is 0 Å². The van der Waals surface area contributed by atoms with Gasteiger partial charge in [-0.3, -0.25) is 4.79 Å². The second-order valence-electron chi connectivity index (χ2n) is 4.12. The molecule has 4 nitrogen and oxygen atoms in total. The summed E-state index contributed by atoms with van der Waals surface area (Å²) in [7, 11) is 0. The predicted octanol–water partition coefficient (Wildman–Crippen LogP) is 4.25. The van der Waals surface area contributed by atoms with Crippen molar-refractivity contribution in [1.82, 2.24) is 0 Å². The summed E-state index contributed by atoms with van der Waals surface area (Å²) < 4.78 is 5.32. The lowest BCUT2D eigenvalue weighted by molar-refractivity contribution is -0.118. The smallest absolute Gasteiger partial charge is 0.262 e. The molecule has 0 unspecified atom stereocenters. The maximum atomic E-state index is 11.9. The number of anilines is 2. The van der Waals surface area contributed by atoms with Crippen LogP contribution in [0.1, 0.15) is 0 Å². The Morgan fingerprint density at radius 2 is 1.86 bits per heavy atom. The van der Waals surface area contributed by atoms with Gasteiger partial charge in [-0.15, -0.1) is 0 Å². The van der Waals surface area contributed by atoms with Gasteiger partial charge in [-0.1, -0.05) is 46.9 Å². The summed E-state index contributed by atoms with van der Waals surface area (Å²) in [5.41, 5.74) is 6.33. The molecule has 3 N–H and O–H groups in total. The molecule has 21 heavy (non-hydrogen) atoms. The van der Waals surface area contributed by atoms with Gasteiger partial charge in [0.2, 0.25) is 0 Å². The van der Waals surface area contributed by atoms with Crippen LogP contribution in [0, 0.1) is 0 Å². The SMILES string of the molecule is Nc1cc(Cl)cc(Cl)c1NC(=O)COc1ccccc1Cl. The first-order valence-corrected chi connectivity index (χ1v) is 7.02. The van der Waals surface area contributed by atoms with Crippen LogP contribution in [0.25, 0.3) is 0 Å². The van der Waals surface area contributed by atoms with Crippen molar-refractivity contribution in [3.8, 4) is 5.75 Å². The summed E-state index contributed by atoms with van der Waals surface area (Å²) in [6.07, 6.45) is 0. The fourth-order valence-corrected chi connectivity index (χ4v) is 2.35. The standard InChI is InChI=1S/C14H11Cl3N2O2/c15-8-5-10(17)14(11(18)6-8)19-13(20)7-21-12-4-2-1-3-9(12)16/h1-6H,7,18H2,(H,19,20). The van der Waals surface area contributed by atoms with Crippen molar-refractivity contribution in [3.63, 3.8) is 0 Å². The zero-order valence-electron chi connectivity index (χ0n) is 10.7. The van der Waals surface area contributed by atoms with E-state index in [0.29, 0.717) is 21.5 Å². The van der Waals surface area contributed by atoms with Gasteiger partial charge in [0, 0.05) is 5.02 Å². The van der Waals surface area contributed by atoms with E-state index in [-0.39, 0.29) is 17.3 Å². The zero-order chi connectivity index (χ0) is 15.4. The minimum Gasteiger partial charge on any atom is -0.482 e. The molecule has 2 aromatic rings. The molecule has 0 aliphatic carbocycles. The van der Waals surface area contributed by atoms with Crippen LogP contribution in [0.2, 0.25) is 15.1 Å². The Kier molecular flexibility index (Phi) is 5.17. The van der Waals surface area contributed by atoms with Crippen molar-refractivity contribution in [2.75, 3.05) is 17.7 Å². The number of ether oxygens (including phenoxy) is 1. The van der Waals surface area contributed by atoms with Crippen molar-refractivity contribution in [2.24, 2.45) is 0 Å². The lowest BCUT2D eigenvalue weighted by Gasteiger charge is -2.12. The van der Waals surface area contributed by atoms with Crippen molar-refractivity contribution < 1.29 is 9.53 Å². The van der Waals surface area contributed by atoms with Gasteiger partial charge < -0.3 is 15.8 Å². The molecule has 0 aromatic heterocycles. The number of nitrogen functional groups attached to an aromatic ring is 1. The summed E-state index contributed by atoms with van der Waals surface area (Å²) in [4.78, 5) is 11.9. The Hall–Kier alpha value is -1.62. The van der Waals surface area contributed by atoms with Crippen molar-refractivity contribution in [3.05, 3.63) is 51.5 Å². The molecular weight excluding hydrogens is 335 g/mol. The zero-order valence-corrected chi connectivity index (χ0v) is 13.0. The number of hydrogen-bond acceptors (Lipinski definition) is 3. The normalized spacial score (nSPS) is 10.2. The van der Waals surface area contributed by atoms with Crippen LogP contribution in [-0.2, 0) is 4.79 Å². The van der Waals surface area contributed by atoms with Gasteiger partial charge in [0.1, 0.15) is 5.75 Å². The van der Waals surface area contributed by atoms with E-state index in [1.54, 1.807) is 24.3 Å². The monoisotopic (exact) mass is 344 g/mol. The summed E-state index contributed by atoms with van der Waals surface area (Å²) in [5, 5.41) is 3.65. The van der Waals surface area contributed by atoms with E-state index in [2.05, 4.69) is 5.32 Å². The third-order valence-electron chi connectivity index (χ3n) is 2.55. The molecule has 1 amide bonds. The molecule has 0 bridgehead atoms. The van der Waals surface area contributed by atoms with Crippen LogP contribution in [0.4, 0.5) is 11.4 Å². The van der Waals surface area contributed by atoms with Gasteiger partial charge in [0.25, 0.3) is 5.91 Å². The van der Waals surface area contributed by atoms with Gasteiger partial charge in [0.05, 0.1) is 21.4 Å². The van der Waals surface area contributed by atoms with Crippen molar-refractivity contribution in [1.29, 1.82) is 0 Å². The number of hydrogen-bond donors (Lipinski definition) is 2. The number of nitrogens with one attached hydrogen (secondary N) is 1. The van der Waals surface area contributed by atoms with E-state index in [1.165, 1.54) is 12.1 Å². The van der Waals surface area contributed by atoms with E-state index in [0.717, 1.165) is 0 Å². The molecule has 0 radical (unpaired) electrons. The third kappa shape index (κ3) is 4.17. The van der Waals surface area contributed by atoms with Gasteiger partial charge in [-0.05, 0) is 24.3 Å². The number of para-hydroxylation sites is 1. The molecule has 0 spiro atoms. The summed E-state index contributed by atoms with van der Waals surface area (Å²) in [6, 6.07) is 9.85. The van der Waals surface area contributed by atoms with Crippen LogP contribution in [0.3, 0.4) is 0 Å². The molecule has 0 heterocycles. The Morgan fingerprint density at radius 1 is 1.14 bits per heavy atom. The molecule has 0 atom stereocenters.